The first kappa shape index (κ1) is 41.4. The summed E-state index contributed by atoms with van der Waals surface area (Å²) in [4.78, 5) is 4.93. The highest BCUT2D eigenvalue weighted by atomic mass is 79.9. The van der Waals surface area contributed by atoms with E-state index in [1.807, 2.05) is 24.3 Å². The number of hydrogen-bond donors (Lipinski definition) is 0. The highest BCUT2D eigenvalue weighted by molar-refractivity contribution is 9.10. The number of rotatable bonds is 18. The van der Waals surface area contributed by atoms with Crippen molar-refractivity contribution < 1.29 is 45.6 Å². The maximum atomic E-state index is 14.3. The summed E-state index contributed by atoms with van der Waals surface area (Å²) in [5, 5.41) is 0. The average Bonchev–Trinajstić information content (AvgIpc) is 3.03. The molecule has 48 heavy (non-hydrogen) atoms. The smallest absolute Gasteiger partial charge is 0.408 e. The first-order chi connectivity index (χ1) is 23.0. The van der Waals surface area contributed by atoms with Crippen LogP contribution in [0.5, 0.6) is 5.75 Å². The highest BCUT2D eigenvalue weighted by Crippen LogP contribution is 2.56. The Kier molecular flexibility index (Phi) is 17.4. The number of aromatic nitrogens is 1. The lowest BCUT2D eigenvalue weighted by molar-refractivity contribution is 0.133. The molecule has 272 valence electrons. The molecule has 2 heterocycles. The van der Waals surface area contributed by atoms with E-state index in [0.29, 0.717) is 17.1 Å². The van der Waals surface area contributed by atoms with Crippen molar-refractivity contribution in [1.82, 2.24) is 19.0 Å². The molecule has 3 rings (SSSR count). The molecule has 0 aliphatic carbocycles. The van der Waals surface area contributed by atoms with Gasteiger partial charge in [-0.15, -0.1) is 0 Å². The van der Waals surface area contributed by atoms with Gasteiger partial charge >= 0.3 is 23.2 Å². The number of halogens is 1. The first-order valence-corrected chi connectivity index (χ1v) is 21.6. The van der Waals surface area contributed by atoms with Crippen molar-refractivity contribution >= 4 is 39.2 Å². The van der Waals surface area contributed by atoms with Crippen molar-refractivity contribution in [1.29, 1.82) is 0 Å². The van der Waals surface area contributed by atoms with Crippen LogP contribution in [-0.4, -0.2) is 84.8 Å². The van der Waals surface area contributed by atoms with Crippen LogP contribution < -0.4 is 4.74 Å². The summed E-state index contributed by atoms with van der Waals surface area (Å²) in [6, 6.07) is 11.3. The molecule has 1 aliphatic rings. The number of benzene rings is 1. The fourth-order valence-corrected chi connectivity index (χ4v) is 10.3. The third-order valence-corrected chi connectivity index (χ3v) is 14.2. The molecule has 1 aromatic heterocycles. The van der Waals surface area contributed by atoms with E-state index in [2.05, 4.69) is 15.9 Å². The normalized spacial score (nSPS) is 16.4. The van der Waals surface area contributed by atoms with Crippen LogP contribution in [0.2, 0.25) is 0 Å². The molecule has 0 spiro atoms. The summed E-state index contributed by atoms with van der Waals surface area (Å²) in [6.45, 7) is 11.9. The van der Waals surface area contributed by atoms with Crippen molar-refractivity contribution in [2.45, 2.75) is 61.2 Å². The van der Waals surface area contributed by atoms with Gasteiger partial charge in [-0.25, -0.2) is 27.7 Å². The molecule has 0 saturated carbocycles. The summed E-state index contributed by atoms with van der Waals surface area (Å²) < 4.78 is 89.1. The zero-order valence-corrected chi connectivity index (χ0v) is 33.0. The van der Waals surface area contributed by atoms with Gasteiger partial charge < -0.3 is 4.74 Å². The van der Waals surface area contributed by atoms with Gasteiger partial charge in [0.1, 0.15) is 12.4 Å². The second-order valence-corrected chi connectivity index (χ2v) is 17.3. The fourth-order valence-electron chi connectivity index (χ4n) is 4.94. The monoisotopic (exact) mass is 798 g/mol. The quantitative estimate of drug-likeness (QED) is 0.135. The minimum Gasteiger partial charge on any atom is -0.487 e. The lowest BCUT2D eigenvalue weighted by Gasteiger charge is -2.36. The van der Waals surface area contributed by atoms with Gasteiger partial charge in [-0.1, -0.05) is 28.1 Å². The topological polar surface area (TPSA) is 138 Å². The molecule has 0 radical (unpaired) electrons. The average molecular weight is 800 g/mol. The Labute approximate surface area is 293 Å². The van der Waals surface area contributed by atoms with Crippen LogP contribution in [0.3, 0.4) is 0 Å². The van der Waals surface area contributed by atoms with E-state index >= 15 is 0 Å². The van der Waals surface area contributed by atoms with Gasteiger partial charge in [0.2, 0.25) is 0 Å². The molecule has 0 atom stereocenters. The number of fused-ring (bicyclic) bond motifs is 2. The molecule has 0 unspecified atom stereocenters. The second-order valence-electron chi connectivity index (χ2n) is 10.3. The van der Waals surface area contributed by atoms with Crippen LogP contribution in [0.15, 0.2) is 40.9 Å². The van der Waals surface area contributed by atoms with E-state index in [4.69, 9.17) is 36.9 Å². The van der Waals surface area contributed by atoms with Crippen LogP contribution in [0.1, 0.15) is 58.5 Å². The fraction of sp³-hybridized carbons (Fsp3) is 0.633. The summed E-state index contributed by atoms with van der Waals surface area (Å²) in [7, 11) is -11.5. The van der Waals surface area contributed by atoms with Gasteiger partial charge in [0, 0.05) is 30.7 Å². The summed E-state index contributed by atoms with van der Waals surface area (Å²) in [5.74, 6) is 0.457. The molecule has 0 amide bonds. The molecule has 14 nitrogen and oxygen atoms in total. The van der Waals surface area contributed by atoms with Crippen LogP contribution in [0.25, 0.3) is 0 Å². The Morgan fingerprint density at radius 1 is 0.604 bits per heavy atom. The van der Waals surface area contributed by atoms with Crippen LogP contribution in [0.4, 0.5) is 0 Å². The van der Waals surface area contributed by atoms with Crippen molar-refractivity contribution in [3.05, 3.63) is 57.8 Å². The molecule has 2 aromatic rings. The van der Waals surface area contributed by atoms with Crippen molar-refractivity contribution in [3.63, 3.8) is 0 Å². The maximum Gasteiger partial charge on any atom is 0.408 e. The molecule has 0 N–H and O–H groups in total. The molecule has 18 heteroatoms. The number of pyridine rings is 1. The molecule has 2 bridgehead atoms. The van der Waals surface area contributed by atoms with Crippen molar-refractivity contribution in [2.24, 2.45) is 0 Å². The highest BCUT2D eigenvalue weighted by Gasteiger charge is 2.40. The SMILES string of the molecule is CCOP(=O)(OCC)N1CCN(P(=O)(OCC)OCC)Cc2ccc(OCc3ccc(Br)cc3)c(n2)CN(P(=O)(OCC)OCC)CC1. The van der Waals surface area contributed by atoms with Gasteiger partial charge in [-0.05, 0) is 71.4 Å². The molecular formula is C30H50BrN4O10P3. The number of ether oxygens (including phenoxy) is 1. The minimum atomic E-state index is -3.87. The second kappa shape index (κ2) is 20.1. The Hall–Kier alpha value is -1.02. The molecular weight excluding hydrogens is 749 g/mol. The van der Waals surface area contributed by atoms with E-state index < -0.39 is 23.2 Å². The zero-order valence-electron chi connectivity index (χ0n) is 28.7. The number of nitrogens with zero attached hydrogens (tertiary/aromatic N) is 4. The zero-order chi connectivity index (χ0) is 35.2. The van der Waals surface area contributed by atoms with Crippen LogP contribution in [-0.2, 0) is 60.5 Å². The van der Waals surface area contributed by atoms with E-state index in [-0.39, 0.29) is 85.5 Å². The Morgan fingerprint density at radius 2 is 1.02 bits per heavy atom. The molecule has 1 aliphatic heterocycles. The third-order valence-electron chi connectivity index (χ3n) is 7.00. The predicted molar refractivity (Wildman–Crippen MR) is 188 cm³/mol. The molecule has 1 aromatic carbocycles. The van der Waals surface area contributed by atoms with Crippen molar-refractivity contribution in [3.8, 4) is 5.75 Å². The van der Waals surface area contributed by atoms with Crippen LogP contribution in [0, 0.1) is 0 Å². The van der Waals surface area contributed by atoms with Crippen LogP contribution >= 0.6 is 39.2 Å². The largest absolute Gasteiger partial charge is 0.487 e. The molecule has 0 saturated heterocycles. The number of hydrogen-bond acceptors (Lipinski definition) is 11. The van der Waals surface area contributed by atoms with Gasteiger partial charge in [-0.2, -0.15) is 0 Å². The first-order valence-electron chi connectivity index (χ1n) is 16.3. The Bertz CT molecular complexity index is 1390. The summed E-state index contributed by atoms with van der Waals surface area (Å²) in [6.07, 6.45) is 0. The van der Waals surface area contributed by atoms with E-state index in [1.54, 1.807) is 67.7 Å². The lowest BCUT2D eigenvalue weighted by Crippen LogP contribution is -2.39. The predicted octanol–water partition coefficient (Wildman–Crippen LogP) is 7.89. The van der Waals surface area contributed by atoms with Crippen molar-refractivity contribution in [2.75, 3.05) is 65.8 Å². The maximum absolute atomic E-state index is 14.3. The van der Waals surface area contributed by atoms with Gasteiger partial charge in [0.25, 0.3) is 0 Å². The van der Waals surface area contributed by atoms with Gasteiger partial charge in [-0.3, -0.25) is 32.1 Å². The molecule has 0 fully saturated rings. The van der Waals surface area contributed by atoms with Gasteiger partial charge in [0.15, 0.2) is 0 Å². The Morgan fingerprint density at radius 3 is 1.48 bits per heavy atom. The van der Waals surface area contributed by atoms with E-state index in [9.17, 15) is 13.7 Å². The standard InChI is InChI=1S/C30H50BrN4O10P3/c1-7-40-46(36,41-8-2)33-19-21-34(47(37,42-9-3)43-10-4)23-28-17-18-30(39-25-26-13-15-27(31)16-14-26)29(32-28)24-35(22-20-33)48(38,44-11-5)45-12-6/h13-18H,7-12,19-25H2,1-6H3. The van der Waals surface area contributed by atoms with E-state index in [1.165, 1.54) is 0 Å². The lowest BCUT2D eigenvalue weighted by atomic mass is 10.2. The minimum absolute atomic E-state index is 0.00319. The summed E-state index contributed by atoms with van der Waals surface area (Å²) in [5.41, 5.74) is 1.93. The summed E-state index contributed by atoms with van der Waals surface area (Å²) >= 11 is 3.46. The third kappa shape index (κ3) is 11.5. The Balaban J connectivity index is 2.17. The van der Waals surface area contributed by atoms with E-state index in [0.717, 1.165) is 10.0 Å². The van der Waals surface area contributed by atoms with Gasteiger partial charge in [0.05, 0.1) is 64.1 Å².